The van der Waals surface area contributed by atoms with Crippen LogP contribution in [0.5, 0.6) is 11.5 Å². The standard InChI is InChI=1S/C16H15F3O3/c1-2-21-14-8-7-11(9-15(14)22-16(17,18)19)13-6-4-3-5-12(13)10-20/h3-9,20H,2,10H2,1H3. The van der Waals surface area contributed by atoms with Crippen LogP contribution in [0.2, 0.25) is 0 Å². The molecule has 2 aromatic carbocycles. The molecule has 0 atom stereocenters. The van der Waals surface area contributed by atoms with E-state index in [1.165, 1.54) is 12.1 Å². The molecule has 6 heteroatoms. The summed E-state index contributed by atoms with van der Waals surface area (Å²) < 4.78 is 46.8. The molecule has 2 aromatic rings. The molecule has 0 saturated heterocycles. The second-order valence-corrected chi connectivity index (χ2v) is 4.46. The molecule has 0 fully saturated rings. The summed E-state index contributed by atoms with van der Waals surface area (Å²) in [5, 5.41) is 9.34. The Morgan fingerprint density at radius 2 is 1.77 bits per heavy atom. The molecule has 3 nitrogen and oxygen atoms in total. The summed E-state index contributed by atoms with van der Waals surface area (Å²) in [4.78, 5) is 0. The molecule has 0 radical (unpaired) electrons. The van der Waals surface area contributed by atoms with E-state index in [-0.39, 0.29) is 19.0 Å². The molecule has 0 bridgehead atoms. The molecule has 118 valence electrons. The maximum atomic E-state index is 12.5. The topological polar surface area (TPSA) is 38.7 Å². The van der Waals surface area contributed by atoms with Crippen molar-refractivity contribution >= 4 is 0 Å². The number of aliphatic hydroxyl groups is 1. The molecule has 0 saturated carbocycles. The van der Waals surface area contributed by atoms with Gasteiger partial charge in [-0.15, -0.1) is 13.2 Å². The molecule has 22 heavy (non-hydrogen) atoms. The fourth-order valence-corrected chi connectivity index (χ4v) is 2.09. The highest BCUT2D eigenvalue weighted by atomic mass is 19.4. The normalized spacial score (nSPS) is 11.3. The second-order valence-electron chi connectivity index (χ2n) is 4.46. The van der Waals surface area contributed by atoms with E-state index in [1.807, 2.05) is 0 Å². The van der Waals surface area contributed by atoms with E-state index < -0.39 is 12.1 Å². The average molecular weight is 312 g/mol. The Morgan fingerprint density at radius 1 is 1.05 bits per heavy atom. The quantitative estimate of drug-likeness (QED) is 0.901. The Labute approximate surface area is 125 Å². The number of hydrogen-bond acceptors (Lipinski definition) is 3. The Kier molecular flexibility index (Phi) is 4.92. The van der Waals surface area contributed by atoms with Crippen LogP contribution >= 0.6 is 0 Å². The summed E-state index contributed by atoms with van der Waals surface area (Å²) in [6, 6.07) is 11.2. The summed E-state index contributed by atoms with van der Waals surface area (Å²) >= 11 is 0. The first-order valence-electron chi connectivity index (χ1n) is 6.66. The van der Waals surface area contributed by atoms with Crippen molar-refractivity contribution in [3.63, 3.8) is 0 Å². The number of halogens is 3. The zero-order valence-corrected chi connectivity index (χ0v) is 11.9. The van der Waals surface area contributed by atoms with Crippen molar-refractivity contribution in [2.24, 2.45) is 0 Å². The fraction of sp³-hybridized carbons (Fsp3) is 0.250. The highest BCUT2D eigenvalue weighted by Crippen LogP contribution is 2.37. The van der Waals surface area contributed by atoms with E-state index in [1.54, 1.807) is 37.3 Å². The first-order chi connectivity index (χ1) is 10.4. The van der Waals surface area contributed by atoms with Crippen molar-refractivity contribution in [2.75, 3.05) is 6.61 Å². The van der Waals surface area contributed by atoms with Gasteiger partial charge in [0.05, 0.1) is 13.2 Å². The van der Waals surface area contributed by atoms with Gasteiger partial charge in [-0.1, -0.05) is 30.3 Å². The van der Waals surface area contributed by atoms with Crippen LogP contribution < -0.4 is 9.47 Å². The van der Waals surface area contributed by atoms with Gasteiger partial charge in [-0.25, -0.2) is 0 Å². The van der Waals surface area contributed by atoms with Gasteiger partial charge in [0.2, 0.25) is 0 Å². The van der Waals surface area contributed by atoms with Gasteiger partial charge in [-0.2, -0.15) is 0 Å². The predicted octanol–water partition coefficient (Wildman–Crippen LogP) is 4.14. The highest BCUT2D eigenvalue weighted by molar-refractivity contribution is 5.70. The third-order valence-corrected chi connectivity index (χ3v) is 2.97. The number of ether oxygens (including phenoxy) is 2. The molecular weight excluding hydrogens is 297 g/mol. The van der Waals surface area contributed by atoms with Crippen LogP contribution in [0.1, 0.15) is 12.5 Å². The van der Waals surface area contributed by atoms with Gasteiger partial charge in [0.1, 0.15) is 0 Å². The van der Waals surface area contributed by atoms with Crippen molar-refractivity contribution in [1.29, 1.82) is 0 Å². The molecule has 0 aliphatic heterocycles. The van der Waals surface area contributed by atoms with Gasteiger partial charge in [0, 0.05) is 0 Å². The van der Waals surface area contributed by atoms with Crippen LogP contribution in [0.4, 0.5) is 13.2 Å². The van der Waals surface area contributed by atoms with Gasteiger partial charge in [0.25, 0.3) is 0 Å². The van der Waals surface area contributed by atoms with Gasteiger partial charge in [-0.3, -0.25) is 0 Å². The van der Waals surface area contributed by atoms with E-state index in [0.717, 1.165) is 0 Å². The fourth-order valence-electron chi connectivity index (χ4n) is 2.09. The third-order valence-electron chi connectivity index (χ3n) is 2.97. The number of rotatable bonds is 5. The first kappa shape index (κ1) is 16.2. The summed E-state index contributed by atoms with van der Waals surface area (Å²) in [6.07, 6.45) is -4.80. The van der Waals surface area contributed by atoms with E-state index in [0.29, 0.717) is 16.7 Å². The van der Waals surface area contributed by atoms with Crippen LogP contribution in [-0.2, 0) is 6.61 Å². The molecule has 0 aromatic heterocycles. The van der Waals surface area contributed by atoms with Crippen molar-refractivity contribution in [2.45, 2.75) is 19.9 Å². The lowest BCUT2D eigenvalue weighted by Crippen LogP contribution is -2.17. The molecule has 0 unspecified atom stereocenters. The minimum atomic E-state index is -4.80. The van der Waals surface area contributed by atoms with E-state index >= 15 is 0 Å². The lowest BCUT2D eigenvalue weighted by atomic mass is 10.00. The summed E-state index contributed by atoms with van der Waals surface area (Å²) in [6.45, 7) is 1.69. The lowest BCUT2D eigenvalue weighted by molar-refractivity contribution is -0.275. The summed E-state index contributed by atoms with van der Waals surface area (Å²) in [7, 11) is 0. The highest BCUT2D eigenvalue weighted by Gasteiger charge is 2.32. The zero-order chi connectivity index (χ0) is 16.2. The zero-order valence-electron chi connectivity index (χ0n) is 11.9. The Hall–Kier alpha value is -2.21. The Bertz CT molecular complexity index is 639. The number of alkyl halides is 3. The maximum absolute atomic E-state index is 12.5. The molecule has 0 amide bonds. The SMILES string of the molecule is CCOc1ccc(-c2ccccc2CO)cc1OC(F)(F)F. The number of aliphatic hydroxyl groups excluding tert-OH is 1. The van der Waals surface area contributed by atoms with Gasteiger partial charge in [-0.05, 0) is 35.7 Å². The van der Waals surface area contributed by atoms with E-state index in [2.05, 4.69) is 4.74 Å². The molecular formula is C16H15F3O3. The Balaban J connectivity index is 2.48. The third kappa shape index (κ3) is 3.92. The number of hydrogen-bond donors (Lipinski definition) is 1. The molecule has 2 rings (SSSR count). The van der Waals surface area contributed by atoms with Crippen molar-refractivity contribution in [3.05, 3.63) is 48.0 Å². The largest absolute Gasteiger partial charge is 0.573 e. The van der Waals surface area contributed by atoms with Crippen molar-refractivity contribution in [3.8, 4) is 22.6 Å². The second kappa shape index (κ2) is 6.70. The molecule has 0 aliphatic rings. The van der Waals surface area contributed by atoms with Gasteiger partial charge >= 0.3 is 6.36 Å². The smallest absolute Gasteiger partial charge is 0.490 e. The summed E-state index contributed by atoms with van der Waals surface area (Å²) in [5.41, 5.74) is 1.76. The van der Waals surface area contributed by atoms with Crippen LogP contribution in [-0.4, -0.2) is 18.1 Å². The molecule has 0 heterocycles. The average Bonchev–Trinajstić information content (AvgIpc) is 2.47. The predicted molar refractivity (Wildman–Crippen MR) is 75.7 cm³/mol. The first-order valence-corrected chi connectivity index (χ1v) is 6.66. The van der Waals surface area contributed by atoms with Crippen LogP contribution in [0.15, 0.2) is 42.5 Å². The molecule has 1 N–H and O–H groups in total. The van der Waals surface area contributed by atoms with Crippen LogP contribution in [0.25, 0.3) is 11.1 Å². The van der Waals surface area contributed by atoms with Gasteiger partial charge in [0.15, 0.2) is 11.5 Å². The lowest BCUT2D eigenvalue weighted by Gasteiger charge is -2.15. The number of benzene rings is 2. The van der Waals surface area contributed by atoms with Crippen LogP contribution in [0.3, 0.4) is 0 Å². The monoisotopic (exact) mass is 312 g/mol. The molecule has 0 spiro atoms. The summed E-state index contributed by atoms with van der Waals surface area (Å²) in [5.74, 6) is -0.385. The minimum absolute atomic E-state index is 0.0186. The molecule has 0 aliphatic carbocycles. The van der Waals surface area contributed by atoms with Crippen LogP contribution in [0, 0.1) is 0 Å². The minimum Gasteiger partial charge on any atom is -0.490 e. The van der Waals surface area contributed by atoms with E-state index in [9.17, 15) is 18.3 Å². The van der Waals surface area contributed by atoms with Crippen molar-refractivity contribution in [1.82, 2.24) is 0 Å². The van der Waals surface area contributed by atoms with Crippen molar-refractivity contribution < 1.29 is 27.8 Å². The maximum Gasteiger partial charge on any atom is 0.573 e. The van der Waals surface area contributed by atoms with Gasteiger partial charge < -0.3 is 14.6 Å². The van der Waals surface area contributed by atoms with E-state index in [4.69, 9.17) is 4.74 Å². The Morgan fingerprint density at radius 3 is 2.41 bits per heavy atom.